The summed E-state index contributed by atoms with van der Waals surface area (Å²) in [7, 11) is -3.05. The molecule has 0 unspecified atom stereocenters. The van der Waals surface area contributed by atoms with Crippen molar-refractivity contribution in [3.05, 3.63) is 35.4 Å². The zero-order valence-electron chi connectivity index (χ0n) is 9.51. The van der Waals surface area contributed by atoms with Crippen molar-refractivity contribution in [2.75, 3.05) is 12.0 Å². The van der Waals surface area contributed by atoms with Crippen LogP contribution in [0, 0.1) is 0 Å². The molecular weight excluding hydrogens is 240 g/mol. The Morgan fingerprint density at radius 1 is 1.41 bits per heavy atom. The third-order valence-corrected chi connectivity index (χ3v) is 4.19. The highest BCUT2D eigenvalue weighted by atomic mass is 32.2. The Morgan fingerprint density at radius 2 is 2.06 bits per heavy atom. The van der Waals surface area contributed by atoms with E-state index in [9.17, 15) is 13.2 Å². The fraction of sp³-hybridized carbons (Fsp3) is 0.417. The number of rotatable bonds is 4. The molecule has 0 heterocycles. The molecule has 92 valence electrons. The van der Waals surface area contributed by atoms with Crippen LogP contribution < -0.4 is 0 Å². The number of carboxylic acid groups (broad SMARTS) is 1. The predicted octanol–water partition coefficient (Wildman–Crippen LogP) is 1.46. The van der Waals surface area contributed by atoms with E-state index in [1.165, 1.54) is 12.3 Å². The molecule has 1 aromatic carbocycles. The molecule has 17 heavy (non-hydrogen) atoms. The highest BCUT2D eigenvalue weighted by Crippen LogP contribution is 2.49. The molecule has 1 N–H and O–H groups in total. The third-order valence-electron chi connectivity index (χ3n) is 3.11. The van der Waals surface area contributed by atoms with Crippen LogP contribution in [-0.4, -0.2) is 31.5 Å². The topological polar surface area (TPSA) is 71.4 Å². The molecular formula is C12H14O4S. The van der Waals surface area contributed by atoms with E-state index in [4.69, 9.17) is 5.11 Å². The molecule has 4 nitrogen and oxygen atoms in total. The number of carboxylic acids is 1. The van der Waals surface area contributed by atoms with Gasteiger partial charge in [-0.2, -0.15) is 0 Å². The molecule has 1 aliphatic carbocycles. The minimum absolute atomic E-state index is 0.100. The Labute approximate surface area is 100 Å². The van der Waals surface area contributed by atoms with Gasteiger partial charge >= 0.3 is 5.97 Å². The molecule has 0 aliphatic heterocycles. The lowest BCUT2D eigenvalue weighted by Gasteiger charge is -2.14. The summed E-state index contributed by atoms with van der Waals surface area (Å²) in [4.78, 5) is 10.9. The molecule has 5 heteroatoms. The zero-order chi connectivity index (χ0) is 12.7. The van der Waals surface area contributed by atoms with E-state index in [0.717, 1.165) is 18.4 Å². The summed E-state index contributed by atoms with van der Waals surface area (Å²) in [5, 5.41) is 8.91. The molecule has 0 amide bonds. The van der Waals surface area contributed by atoms with Gasteiger partial charge < -0.3 is 5.11 Å². The molecule has 1 aliphatic rings. The Bertz CT molecular complexity index is 556. The van der Waals surface area contributed by atoms with E-state index in [0.29, 0.717) is 0 Å². The molecule has 0 aromatic heterocycles. The van der Waals surface area contributed by atoms with Gasteiger partial charge in [0, 0.05) is 11.7 Å². The molecule has 2 rings (SSSR count). The van der Waals surface area contributed by atoms with Crippen LogP contribution in [0.2, 0.25) is 0 Å². The smallest absolute Gasteiger partial charge is 0.335 e. The molecule has 0 spiro atoms. The van der Waals surface area contributed by atoms with Crippen molar-refractivity contribution in [1.29, 1.82) is 0 Å². The number of sulfone groups is 1. The van der Waals surface area contributed by atoms with Gasteiger partial charge in [-0.25, -0.2) is 13.2 Å². The first-order valence-corrected chi connectivity index (χ1v) is 7.40. The maximum Gasteiger partial charge on any atom is 0.335 e. The summed E-state index contributed by atoms with van der Waals surface area (Å²) in [5.74, 6) is -0.884. The highest BCUT2D eigenvalue weighted by Gasteiger charge is 2.46. The van der Waals surface area contributed by atoms with E-state index >= 15 is 0 Å². The van der Waals surface area contributed by atoms with Crippen LogP contribution in [0.25, 0.3) is 0 Å². The van der Waals surface area contributed by atoms with Crippen LogP contribution in [0.4, 0.5) is 0 Å². The summed E-state index contributed by atoms with van der Waals surface area (Å²) in [6, 6.07) is 6.58. The zero-order valence-corrected chi connectivity index (χ0v) is 10.3. The second kappa shape index (κ2) is 3.84. The second-order valence-corrected chi connectivity index (χ2v) is 6.88. The standard InChI is InChI=1S/C12H14O4S/c1-17(15,16)8-12(5-6-12)10-4-2-3-9(7-10)11(13)14/h2-4,7H,5-6,8H2,1H3,(H,13,14). The maximum atomic E-state index is 11.4. The van der Waals surface area contributed by atoms with E-state index in [1.54, 1.807) is 12.1 Å². The molecule has 0 bridgehead atoms. The number of hydrogen-bond acceptors (Lipinski definition) is 3. The molecule has 1 fully saturated rings. The average molecular weight is 254 g/mol. The van der Waals surface area contributed by atoms with Crippen molar-refractivity contribution in [2.45, 2.75) is 18.3 Å². The van der Waals surface area contributed by atoms with Gasteiger partial charge in [-0.05, 0) is 30.5 Å². The molecule has 1 aromatic rings. The fourth-order valence-corrected chi connectivity index (χ4v) is 3.61. The van der Waals surface area contributed by atoms with Crippen molar-refractivity contribution < 1.29 is 18.3 Å². The Kier molecular flexibility index (Phi) is 2.73. The van der Waals surface area contributed by atoms with Crippen molar-refractivity contribution >= 4 is 15.8 Å². The molecule has 0 saturated heterocycles. The summed E-state index contributed by atoms with van der Waals surface area (Å²) in [6.07, 6.45) is 2.83. The van der Waals surface area contributed by atoms with E-state index in [1.807, 2.05) is 6.07 Å². The van der Waals surface area contributed by atoms with Crippen LogP contribution in [0.15, 0.2) is 24.3 Å². The van der Waals surface area contributed by atoms with Crippen LogP contribution in [0.1, 0.15) is 28.8 Å². The monoisotopic (exact) mass is 254 g/mol. The van der Waals surface area contributed by atoms with Crippen LogP contribution in [-0.2, 0) is 15.3 Å². The van der Waals surface area contributed by atoms with Gasteiger partial charge in [0.25, 0.3) is 0 Å². The Balaban J connectivity index is 2.34. The molecule has 0 atom stereocenters. The number of carbonyl (C=O) groups is 1. The summed E-state index contributed by atoms with van der Waals surface area (Å²) in [5.41, 5.74) is 0.684. The quantitative estimate of drug-likeness (QED) is 0.883. The van der Waals surface area contributed by atoms with Gasteiger partial charge in [-0.15, -0.1) is 0 Å². The van der Waals surface area contributed by atoms with E-state index < -0.39 is 15.8 Å². The third kappa shape index (κ3) is 2.66. The van der Waals surface area contributed by atoms with Gasteiger partial charge in [0.1, 0.15) is 9.84 Å². The number of benzene rings is 1. The number of hydrogen-bond donors (Lipinski definition) is 1. The summed E-state index contributed by atoms with van der Waals surface area (Å²) in [6.45, 7) is 0. The van der Waals surface area contributed by atoms with E-state index in [-0.39, 0.29) is 16.7 Å². The minimum atomic E-state index is -3.05. The first-order chi connectivity index (χ1) is 7.82. The molecule has 0 radical (unpaired) electrons. The summed E-state index contributed by atoms with van der Waals surface area (Å²) >= 11 is 0. The predicted molar refractivity (Wildman–Crippen MR) is 64.0 cm³/mol. The Hall–Kier alpha value is -1.36. The molecule has 1 saturated carbocycles. The van der Waals surface area contributed by atoms with Crippen LogP contribution in [0.5, 0.6) is 0 Å². The summed E-state index contributed by atoms with van der Waals surface area (Å²) < 4.78 is 22.7. The van der Waals surface area contributed by atoms with Gasteiger partial charge in [0.15, 0.2) is 0 Å². The first-order valence-electron chi connectivity index (χ1n) is 5.34. The van der Waals surface area contributed by atoms with Gasteiger partial charge in [-0.1, -0.05) is 12.1 Å². The largest absolute Gasteiger partial charge is 0.478 e. The maximum absolute atomic E-state index is 11.4. The van der Waals surface area contributed by atoms with Crippen molar-refractivity contribution in [3.8, 4) is 0 Å². The van der Waals surface area contributed by atoms with Gasteiger partial charge in [0.05, 0.1) is 11.3 Å². The van der Waals surface area contributed by atoms with Crippen LogP contribution in [0.3, 0.4) is 0 Å². The Morgan fingerprint density at radius 3 is 2.53 bits per heavy atom. The minimum Gasteiger partial charge on any atom is -0.478 e. The lowest BCUT2D eigenvalue weighted by Crippen LogP contribution is -2.20. The fourth-order valence-electron chi connectivity index (χ4n) is 2.15. The lowest BCUT2D eigenvalue weighted by molar-refractivity contribution is 0.0696. The second-order valence-electron chi connectivity index (χ2n) is 4.74. The number of aromatic carboxylic acids is 1. The lowest BCUT2D eigenvalue weighted by atomic mass is 9.96. The van der Waals surface area contributed by atoms with Crippen molar-refractivity contribution in [1.82, 2.24) is 0 Å². The average Bonchev–Trinajstić information content (AvgIpc) is 2.96. The van der Waals surface area contributed by atoms with E-state index in [2.05, 4.69) is 0 Å². The van der Waals surface area contributed by atoms with Gasteiger partial charge in [0.2, 0.25) is 0 Å². The normalized spacial score (nSPS) is 17.7. The van der Waals surface area contributed by atoms with Gasteiger partial charge in [-0.3, -0.25) is 0 Å². The first kappa shape index (κ1) is 12.1. The van der Waals surface area contributed by atoms with Crippen molar-refractivity contribution in [2.24, 2.45) is 0 Å². The SMILES string of the molecule is CS(=O)(=O)CC1(c2cccc(C(=O)O)c2)CC1. The van der Waals surface area contributed by atoms with Crippen LogP contribution >= 0.6 is 0 Å². The highest BCUT2D eigenvalue weighted by molar-refractivity contribution is 7.90. The van der Waals surface area contributed by atoms with Crippen molar-refractivity contribution in [3.63, 3.8) is 0 Å².